The molecule has 6 saturated heterocycles. The molecule has 0 aromatic rings. The Kier molecular flexibility index (Phi) is 24.2. The number of aliphatic hydroxyl groups is 2. The van der Waals surface area contributed by atoms with E-state index >= 15 is 0 Å². The van der Waals surface area contributed by atoms with E-state index < -0.39 is 51.8 Å². The number of alkyl halides is 7. The van der Waals surface area contributed by atoms with E-state index in [2.05, 4.69) is 0 Å². The minimum absolute atomic E-state index is 0.0116. The molecule has 63 heavy (non-hydrogen) atoms. The van der Waals surface area contributed by atoms with Crippen LogP contribution in [0.25, 0.3) is 0 Å². The number of aliphatic hydroxyl groups excluding tert-OH is 2. The molecular formula is C46H83ClF6O10. The Bertz CT molecular complexity index is 1150. The second-order valence-electron chi connectivity index (χ2n) is 19.3. The van der Waals surface area contributed by atoms with Gasteiger partial charge in [-0.05, 0) is 94.9 Å². The molecule has 376 valence electrons. The molecule has 2 N–H and O–H groups in total. The van der Waals surface area contributed by atoms with Crippen LogP contribution >= 0.6 is 11.6 Å². The second kappa shape index (κ2) is 25.4. The molecule has 0 spiro atoms. The van der Waals surface area contributed by atoms with Gasteiger partial charge in [-0.3, -0.25) is 4.79 Å². The van der Waals surface area contributed by atoms with Crippen molar-refractivity contribution in [2.75, 3.05) is 13.2 Å². The van der Waals surface area contributed by atoms with Crippen LogP contribution < -0.4 is 0 Å². The summed E-state index contributed by atoms with van der Waals surface area (Å²) >= 11 is 5.58. The third-order valence-corrected chi connectivity index (χ3v) is 13.4. The third-order valence-electron chi connectivity index (χ3n) is 12.8. The summed E-state index contributed by atoms with van der Waals surface area (Å²) in [6, 6.07) is 0. The molecule has 6 aliphatic rings. The summed E-state index contributed by atoms with van der Waals surface area (Å²) < 4.78 is 116. The van der Waals surface area contributed by atoms with Gasteiger partial charge in [0, 0.05) is 45.4 Å². The van der Waals surface area contributed by atoms with Gasteiger partial charge in [0.1, 0.15) is 22.7 Å². The fourth-order valence-corrected chi connectivity index (χ4v) is 7.88. The number of carbonyl (C=O) groups is 1. The average Bonchev–Trinajstić information content (AvgIpc) is 3.95. The highest BCUT2D eigenvalue weighted by atomic mass is 35.5. The standard InChI is InChI=1S/C9H15FO3.2C8H15FO.C7H12ClFO.2C7H13FO2/c1-4-7-5-9(3,10)8(13-7)12-6(2)11;2*1-4-7-5-8(3,9)6(2)10-7;1-3-5-4-7(2,9)6(8)10-5;2*1-5-7(2,8)3-6(4-9)10-5/h7-8H,4-5H2,1-3H3;2*6-7H,4-5H2,1-3H3;5-6H,3-4H2,1-2H3;2*5-6,9H,3-4H2,1-2H3/t7-,8-,9?;2*6-,7+,8?;3*5-,6-,7?/m100100/s1. The lowest BCUT2D eigenvalue weighted by atomic mass is 9.98. The summed E-state index contributed by atoms with van der Waals surface area (Å²) in [5, 5.41) is 17.2. The molecule has 18 atom stereocenters. The van der Waals surface area contributed by atoms with Crippen LogP contribution in [0.15, 0.2) is 0 Å². The maximum absolute atomic E-state index is 13.7. The summed E-state index contributed by atoms with van der Waals surface area (Å²) in [5.74, 6) is -0.509. The fourth-order valence-electron chi connectivity index (χ4n) is 7.64. The van der Waals surface area contributed by atoms with Crippen molar-refractivity contribution in [3.05, 3.63) is 0 Å². The number of esters is 1. The van der Waals surface area contributed by atoms with Crippen LogP contribution in [0.5, 0.6) is 0 Å². The molecule has 17 heteroatoms. The number of halogens is 7. The van der Waals surface area contributed by atoms with Crippen molar-refractivity contribution < 1.29 is 74.5 Å². The van der Waals surface area contributed by atoms with Crippen molar-refractivity contribution in [3.63, 3.8) is 0 Å². The first-order valence-corrected chi connectivity index (χ1v) is 23.3. The third kappa shape index (κ3) is 19.3. The van der Waals surface area contributed by atoms with E-state index in [1.807, 2.05) is 27.7 Å². The summed E-state index contributed by atoms with van der Waals surface area (Å²) in [6.45, 7) is 25.1. The molecule has 0 aliphatic carbocycles. The van der Waals surface area contributed by atoms with Crippen LogP contribution in [-0.4, -0.2) is 136 Å². The number of carbonyl (C=O) groups excluding carboxylic acids is 1. The van der Waals surface area contributed by atoms with E-state index in [1.165, 1.54) is 34.6 Å². The highest BCUT2D eigenvalue weighted by Gasteiger charge is 2.48. The molecular weight excluding hydrogens is 862 g/mol. The van der Waals surface area contributed by atoms with Gasteiger partial charge in [-0.15, -0.1) is 0 Å². The first-order valence-electron chi connectivity index (χ1n) is 22.8. The van der Waals surface area contributed by atoms with Gasteiger partial charge in [-0.25, -0.2) is 26.3 Å². The molecule has 0 amide bonds. The van der Waals surface area contributed by atoms with E-state index in [-0.39, 0.29) is 74.3 Å². The molecule has 0 saturated carbocycles. The van der Waals surface area contributed by atoms with Gasteiger partial charge in [0.05, 0.1) is 74.3 Å². The van der Waals surface area contributed by atoms with Crippen molar-refractivity contribution >= 4 is 17.6 Å². The SMILES string of the molecule is CC[C@@H]1CC(C)(F)[C@H](C)O1.CC[C@@H]1CC(C)(F)[C@H](C)O1.CC[C@@H]1CC(C)(F)[C@H](Cl)O1.CC[C@@H]1CC(C)(F)[C@H](OC(C)=O)O1.C[C@@H]1O[C@H](CO)CC1(C)F.C[C@@H]1O[C@H](CO)CC1(C)F. The molecule has 0 aromatic heterocycles. The normalized spacial score (nSPS) is 46.2. The first-order chi connectivity index (χ1) is 28.8. The first kappa shape index (κ1) is 60.0. The van der Waals surface area contributed by atoms with Crippen LogP contribution in [0.2, 0.25) is 0 Å². The molecule has 6 heterocycles. The molecule has 6 aliphatic heterocycles. The highest BCUT2D eigenvalue weighted by molar-refractivity contribution is 6.20. The predicted octanol–water partition coefficient (Wildman–Crippen LogP) is 10.7. The van der Waals surface area contributed by atoms with Crippen LogP contribution in [0, 0.1) is 0 Å². The van der Waals surface area contributed by atoms with E-state index in [1.54, 1.807) is 41.5 Å². The molecule has 0 bridgehead atoms. The largest absolute Gasteiger partial charge is 0.432 e. The zero-order valence-electron chi connectivity index (χ0n) is 40.7. The Morgan fingerprint density at radius 3 is 0.905 bits per heavy atom. The lowest BCUT2D eigenvalue weighted by Gasteiger charge is -2.19. The quantitative estimate of drug-likeness (QED) is 0.145. The summed E-state index contributed by atoms with van der Waals surface area (Å²) in [7, 11) is 0. The van der Waals surface area contributed by atoms with Gasteiger partial charge < -0.3 is 43.4 Å². The zero-order chi connectivity index (χ0) is 48.9. The second-order valence-corrected chi connectivity index (χ2v) is 19.7. The van der Waals surface area contributed by atoms with Gasteiger partial charge in [0.15, 0.2) is 16.9 Å². The Morgan fingerprint density at radius 1 is 0.492 bits per heavy atom. The van der Waals surface area contributed by atoms with Crippen molar-refractivity contribution in [2.45, 2.75) is 275 Å². The minimum Gasteiger partial charge on any atom is -0.432 e. The van der Waals surface area contributed by atoms with Gasteiger partial charge in [-0.1, -0.05) is 39.3 Å². The van der Waals surface area contributed by atoms with Crippen LogP contribution in [0.4, 0.5) is 26.3 Å². The van der Waals surface area contributed by atoms with E-state index in [4.69, 9.17) is 55.0 Å². The van der Waals surface area contributed by atoms with Gasteiger partial charge in [0.2, 0.25) is 6.29 Å². The monoisotopic (exact) mass is 945 g/mol. The number of rotatable bonds is 7. The Balaban J connectivity index is 0.000000379. The van der Waals surface area contributed by atoms with Crippen molar-refractivity contribution in [1.82, 2.24) is 0 Å². The van der Waals surface area contributed by atoms with E-state index in [0.717, 1.165) is 25.7 Å². The fraction of sp³-hybridized carbons (Fsp3) is 0.978. The minimum atomic E-state index is -1.55. The van der Waals surface area contributed by atoms with Crippen LogP contribution in [-0.2, 0) is 38.0 Å². The Hall–Kier alpha value is -0.980. The van der Waals surface area contributed by atoms with Gasteiger partial charge in [-0.2, -0.15) is 0 Å². The van der Waals surface area contributed by atoms with Crippen molar-refractivity contribution in [1.29, 1.82) is 0 Å². The molecule has 6 rings (SSSR count). The van der Waals surface area contributed by atoms with Crippen molar-refractivity contribution in [3.8, 4) is 0 Å². The smallest absolute Gasteiger partial charge is 0.305 e. The summed E-state index contributed by atoms with van der Waals surface area (Å²) in [6.07, 6.45) is 3.18. The molecule has 10 nitrogen and oxygen atoms in total. The molecule has 6 unspecified atom stereocenters. The lowest BCUT2D eigenvalue weighted by molar-refractivity contribution is -0.190. The summed E-state index contributed by atoms with van der Waals surface area (Å²) in [4.78, 5) is 10.6. The van der Waals surface area contributed by atoms with Crippen LogP contribution in [0.1, 0.15) is 168 Å². The number of ether oxygens (including phenoxy) is 7. The highest BCUT2D eigenvalue weighted by Crippen LogP contribution is 2.39. The average molecular weight is 946 g/mol. The number of hydrogen-bond donors (Lipinski definition) is 2. The molecule has 6 fully saturated rings. The topological polar surface area (TPSA) is 122 Å². The van der Waals surface area contributed by atoms with Gasteiger partial charge >= 0.3 is 5.97 Å². The molecule has 0 radical (unpaired) electrons. The lowest BCUT2D eigenvalue weighted by Crippen LogP contribution is -2.33. The van der Waals surface area contributed by atoms with Gasteiger partial charge in [0.25, 0.3) is 0 Å². The van der Waals surface area contributed by atoms with E-state index in [0.29, 0.717) is 38.5 Å². The maximum atomic E-state index is 13.7. The summed E-state index contributed by atoms with van der Waals surface area (Å²) in [5.41, 5.74) is -8.34. The zero-order valence-corrected chi connectivity index (χ0v) is 41.5. The van der Waals surface area contributed by atoms with E-state index in [9.17, 15) is 31.1 Å². The van der Waals surface area contributed by atoms with Crippen LogP contribution in [0.3, 0.4) is 0 Å². The Morgan fingerprint density at radius 2 is 0.746 bits per heavy atom. The Labute approximate surface area is 379 Å². The maximum Gasteiger partial charge on any atom is 0.305 e. The van der Waals surface area contributed by atoms with Crippen molar-refractivity contribution in [2.24, 2.45) is 0 Å². The molecule has 0 aromatic carbocycles. The number of hydrogen-bond acceptors (Lipinski definition) is 10. The predicted molar refractivity (Wildman–Crippen MR) is 232 cm³/mol.